The van der Waals surface area contributed by atoms with Crippen molar-refractivity contribution in [3.05, 3.63) is 11.6 Å². The van der Waals surface area contributed by atoms with Gasteiger partial charge in [-0.3, -0.25) is 0 Å². The maximum absolute atomic E-state index is 12.2. The van der Waals surface area contributed by atoms with Gasteiger partial charge in [-0.2, -0.15) is 0 Å². The monoisotopic (exact) mass is 265 g/mol. The molecule has 3 aliphatic heterocycles. The standard InChI is InChI=1S/C14H23N3O2/c18-14(16-9-11-1-5-15-6-2-11)17-7-3-13-12(10-17)4-8-19-13/h1,12-13,15H,2-10H2,(H,16,18)/t12-,13+/m1/s1. The summed E-state index contributed by atoms with van der Waals surface area (Å²) < 4.78 is 5.67. The van der Waals surface area contributed by atoms with Crippen LogP contribution in [0.1, 0.15) is 19.3 Å². The molecule has 19 heavy (non-hydrogen) atoms. The lowest BCUT2D eigenvalue weighted by Gasteiger charge is -2.34. The van der Waals surface area contributed by atoms with Crippen molar-refractivity contribution < 1.29 is 9.53 Å². The summed E-state index contributed by atoms with van der Waals surface area (Å²) in [6.45, 7) is 5.19. The Balaban J connectivity index is 1.46. The van der Waals surface area contributed by atoms with E-state index in [2.05, 4.69) is 16.7 Å². The maximum atomic E-state index is 12.2. The first-order valence-electron chi connectivity index (χ1n) is 7.36. The molecule has 2 saturated heterocycles. The molecule has 2 fully saturated rings. The molecule has 3 heterocycles. The third kappa shape index (κ3) is 3.09. The molecule has 5 nitrogen and oxygen atoms in total. The second-order valence-corrected chi connectivity index (χ2v) is 5.67. The van der Waals surface area contributed by atoms with Crippen molar-refractivity contribution >= 4 is 6.03 Å². The number of carbonyl (C=O) groups excluding carboxylic acids is 1. The van der Waals surface area contributed by atoms with Crippen LogP contribution in [0.5, 0.6) is 0 Å². The number of rotatable bonds is 2. The molecule has 0 aromatic heterocycles. The summed E-state index contributed by atoms with van der Waals surface area (Å²) in [4.78, 5) is 14.1. The molecule has 0 aromatic carbocycles. The normalized spacial score (nSPS) is 30.7. The molecule has 2 amide bonds. The van der Waals surface area contributed by atoms with Gasteiger partial charge in [0.25, 0.3) is 0 Å². The number of fused-ring (bicyclic) bond motifs is 1. The van der Waals surface area contributed by atoms with E-state index in [0.29, 0.717) is 18.6 Å². The van der Waals surface area contributed by atoms with Crippen LogP contribution in [-0.2, 0) is 4.74 Å². The molecule has 5 heteroatoms. The minimum absolute atomic E-state index is 0.0878. The number of nitrogens with zero attached hydrogens (tertiary/aromatic N) is 1. The Kier molecular flexibility index (Phi) is 4.03. The van der Waals surface area contributed by atoms with Crippen LogP contribution in [0, 0.1) is 5.92 Å². The van der Waals surface area contributed by atoms with Gasteiger partial charge in [0.1, 0.15) is 0 Å². The molecule has 0 aromatic rings. The summed E-state index contributed by atoms with van der Waals surface area (Å²) in [5.41, 5.74) is 1.34. The zero-order chi connectivity index (χ0) is 13.1. The van der Waals surface area contributed by atoms with Gasteiger partial charge in [0, 0.05) is 38.7 Å². The van der Waals surface area contributed by atoms with Gasteiger partial charge >= 0.3 is 6.03 Å². The summed E-state index contributed by atoms with van der Waals surface area (Å²) in [6.07, 6.45) is 5.71. The van der Waals surface area contributed by atoms with Gasteiger partial charge in [-0.05, 0) is 25.8 Å². The number of likely N-dealkylation sites (tertiary alicyclic amines) is 1. The molecule has 3 rings (SSSR count). The largest absolute Gasteiger partial charge is 0.378 e. The number of carbonyl (C=O) groups is 1. The molecule has 2 atom stereocenters. The number of nitrogens with one attached hydrogen (secondary N) is 2. The smallest absolute Gasteiger partial charge is 0.317 e. The predicted octanol–water partition coefficient (Wildman–Crippen LogP) is 0.726. The molecule has 3 aliphatic rings. The van der Waals surface area contributed by atoms with Gasteiger partial charge in [-0.25, -0.2) is 4.79 Å². The fourth-order valence-electron chi connectivity index (χ4n) is 3.19. The first-order valence-corrected chi connectivity index (χ1v) is 7.36. The fourth-order valence-corrected chi connectivity index (χ4v) is 3.19. The minimum atomic E-state index is 0.0878. The van der Waals surface area contributed by atoms with Crippen LogP contribution in [0.4, 0.5) is 4.79 Å². The van der Waals surface area contributed by atoms with Gasteiger partial charge in [-0.1, -0.05) is 11.6 Å². The van der Waals surface area contributed by atoms with Gasteiger partial charge < -0.3 is 20.3 Å². The quantitative estimate of drug-likeness (QED) is 0.724. The van der Waals surface area contributed by atoms with Gasteiger partial charge in [0.2, 0.25) is 0 Å². The van der Waals surface area contributed by atoms with Crippen molar-refractivity contribution in [3.8, 4) is 0 Å². The van der Waals surface area contributed by atoms with E-state index in [1.807, 2.05) is 4.90 Å². The van der Waals surface area contributed by atoms with Gasteiger partial charge in [0.05, 0.1) is 6.10 Å². The highest BCUT2D eigenvalue weighted by Gasteiger charge is 2.35. The van der Waals surface area contributed by atoms with E-state index in [1.165, 1.54) is 5.57 Å². The summed E-state index contributed by atoms with van der Waals surface area (Å²) >= 11 is 0. The highest BCUT2D eigenvalue weighted by molar-refractivity contribution is 5.74. The third-order valence-corrected chi connectivity index (χ3v) is 4.40. The Morgan fingerprint density at radius 2 is 2.47 bits per heavy atom. The molecular formula is C14H23N3O2. The first-order chi connectivity index (χ1) is 9.33. The van der Waals surface area contributed by atoms with Crippen molar-refractivity contribution in [2.45, 2.75) is 25.4 Å². The van der Waals surface area contributed by atoms with Crippen LogP contribution >= 0.6 is 0 Å². The number of hydrogen-bond acceptors (Lipinski definition) is 3. The van der Waals surface area contributed by atoms with Gasteiger partial charge in [0.15, 0.2) is 0 Å². The Hall–Kier alpha value is -1.07. The summed E-state index contributed by atoms with van der Waals surface area (Å²) in [5, 5.41) is 6.33. The highest BCUT2D eigenvalue weighted by atomic mass is 16.5. The van der Waals surface area contributed by atoms with Crippen LogP contribution in [0.15, 0.2) is 11.6 Å². The van der Waals surface area contributed by atoms with Crippen LogP contribution in [-0.4, -0.2) is 56.4 Å². The Morgan fingerprint density at radius 1 is 1.53 bits per heavy atom. The molecule has 0 saturated carbocycles. The molecule has 0 unspecified atom stereocenters. The molecule has 0 aliphatic carbocycles. The van der Waals surface area contributed by atoms with Crippen LogP contribution in [0.25, 0.3) is 0 Å². The molecule has 2 N–H and O–H groups in total. The second kappa shape index (κ2) is 5.92. The number of amides is 2. The zero-order valence-electron chi connectivity index (χ0n) is 11.4. The highest BCUT2D eigenvalue weighted by Crippen LogP contribution is 2.28. The lowest BCUT2D eigenvalue weighted by Crippen LogP contribution is -2.49. The van der Waals surface area contributed by atoms with E-state index in [9.17, 15) is 4.79 Å². The van der Waals surface area contributed by atoms with Crippen LogP contribution in [0.2, 0.25) is 0 Å². The molecule has 0 bridgehead atoms. The van der Waals surface area contributed by atoms with E-state index in [4.69, 9.17) is 4.74 Å². The van der Waals surface area contributed by atoms with Crippen LogP contribution in [0.3, 0.4) is 0 Å². The first kappa shape index (κ1) is 12.9. The Bertz CT molecular complexity index is 370. The number of hydrogen-bond donors (Lipinski definition) is 2. The van der Waals surface area contributed by atoms with E-state index >= 15 is 0 Å². The van der Waals surface area contributed by atoms with Crippen LogP contribution < -0.4 is 10.6 Å². The molecule has 0 radical (unpaired) electrons. The third-order valence-electron chi connectivity index (χ3n) is 4.40. The van der Waals surface area contributed by atoms with Crippen molar-refractivity contribution in [1.82, 2.24) is 15.5 Å². The topological polar surface area (TPSA) is 53.6 Å². The van der Waals surface area contributed by atoms with Gasteiger partial charge in [-0.15, -0.1) is 0 Å². The summed E-state index contributed by atoms with van der Waals surface area (Å²) in [6, 6.07) is 0.0878. The number of urea groups is 1. The zero-order valence-corrected chi connectivity index (χ0v) is 11.4. The average Bonchev–Trinajstić information content (AvgIpc) is 2.93. The van der Waals surface area contributed by atoms with E-state index in [0.717, 1.165) is 52.0 Å². The lowest BCUT2D eigenvalue weighted by molar-refractivity contribution is 0.0452. The fraction of sp³-hybridized carbons (Fsp3) is 0.786. The van der Waals surface area contributed by atoms with E-state index in [1.54, 1.807) is 0 Å². The second-order valence-electron chi connectivity index (χ2n) is 5.67. The number of ether oxygens (including phenoxy) is 1. The van der Waals surface area contributed by atoms with E-state index < -0.39 is 0 Å². The Labute approximate surface area is 114 Å². The summed E-state index contributed by atoms with van der Waals surface area (Å²) in [7, 11) is 0. The van der Waals surface area contributed by atoms with Crippen molar-refractivity contribution in [3.63, 3.8) is 0 Å². The number of piperidine rings is 1. The van der Waals surface area contributed by atoms with Crippen molar-refractivity contribution in [2.24, 2.45) is 5.92 Å². The minimum Gasteiger partial charge on any atom is -0.378 e. The molecule has 106 valence electrons. The molecular weight excluding hydrogens is 242 g/mol. The SMILES string of the molecule is O=C(NCC1=CCNCC1)N1CC[C@@H]2OCC[C@@H]2C1. The predicted molar refractivity (Wildman–Crippen MR) is 73.0 cm³/mol. The Morgan fingerprint density at radius 3 is 3.32 bits per heavy atom. The average molecular weight is 265 g/mol. The molecule has 0 spiro atoms. The van der Waals surface area contributed by atoms with E-state index in [-0.39, 0.29) is 6.03 Å². The summed E-state index contributed by atoms with van der Waals surface area (Å²) in [5.74, 6) is 0.553. The van der Waals surface area contributed by atoms with Crippen molar-refractivity contribution in [2.75, 3.05) is 39.3 Å². The maximum Gasteiger partial charge on any atom is 0.317 e. The van der Waals surface area contributed by atoms with Crippen molar-refractivity contribution in [1.29, 1.82) is 0 Å². The lowest BCUT2D eigenvalue weighted by atomic mass is 9.94.